The first-order valence-corrected chi connectivity index (χ1v) is 10.4. The van der Waals surface area contributed by atoms with E-state index < -0.39 is 15.6 Å². The minimum Gasteiger partial charge on any atom is -0.484 e. The largest absolute Gasteiger partial charge is 0.484 e. The van der Waals surface area contributed by atoms with E-state index in [9.17, 15) is 18.0 Å². The minimum atomic E-state index is -3.75. The molecule has 0 fully saturated rings. The summed E-state index contributed by atoms with van der Waals surface area (Å²) in [5, 5.41) is 8.54. The van der Waals surface area contributed by atoms with Gasteiger partial charge in [-0.3, -0.25) is 4.79 Å². The predicted molar refractivity (Wildman–Crippen MR) is 107 cm³/mol. The average Bonchev–Trinajstić information content (AvgIpc) is 2.69. The Balaban J connectivity index is 1.58. The van der Waals surface area contributed by atoms with E-state index in [2.05, 4.69) is 5.32 Å². The summed E-state index contributed by atoms with van der Waals surface area (Å²) >= 11 is 0. The lowest BCUT2D eigenvalue weighted by Gasteiger charge is -2.09. The van der Waals surface area contributed by atoms with Crippen LogP contribution in [0.25, 0.3) is 11.0 Å². The number of primary sulfonamides is 1. The molecule has 1 aromatic heterocycles. The smallest absolute Gasteiger partial charge is 0.336 e. The Morgan fingerprint density at radius 3 is 2.52 bits per heavy atom. The van der Waals surface area contributed by atoms with E-state index in [1.165, 1.54) is 18.2 Å². The first-order chi connectivity index (χ1) is 13.8. The van der Waals surface area contributed by atoms with Gasteiger partial charge in [-0.2, -0.15) is 0 Å². The predicted octanol–water partition coefficient (Wildman–Crippen LogP) is 1.70. The molecule has 152 valence electrons. The van der Waals surface area contributed by atoms with Crippen LogP contribution >= 0.6 is 0 Å². The van der Waals surface area contributed by atoms with Crippen molar-refractivity contribution in [1.29, 1.82) is 0 Å². The second kappa shape index (κ2) is 8.46. The average molecular weight is 416 g/mol. The number of carbonyl (C=O) groups is 1. The van der Waals surface area contributed by atoms with Crippen molar-refractivity contribution in [2.75, 3.05) is 6.61 Å². The highest BCUT2D eigenvalue weighted by Gasteiger charge is 2.09. The highest BCUT2D eigenvalue weighted by Crippen LogP contribution is 2.23. The van der Waals surface area contributed by atoms with E-state index in [1.807, 2.05) is 6.92 Å². The molecule has 3 rings (SSSR count). The van der Waals surface area contributed by atoms with Gasteiger partial charge in [0.2, 0.25) is 10.0 Å². The lowest BCUT2D eigenvalue weighted by molar-refractivity contribution is -0.123. The van der Waals surface area contributed by atoms with Crippen LogP contribution in [0.1, 0.15) is 18.1 Å². The molecule has 0 atom stereocenters. The van der Waals surface area contributed by atoms with Gasteiger partial charge in [-0.1, -0.05) is 19.1 Å². The molecule has 1 heterocycles. The summed E-state index contributed by atoms with van der Waals surface area (Å²) in [5.41, 5.74) is 1.57. The van der Waals surface area contributed by atoms with E-state index >= 15 is 0 Å². The molecule has 3 N–H and O–H groups in total. The number of hydrogen-bond acceptors (Lipinski definition) is 6. The van der Waals surface area contributed by atoms with E-state index in [0.717, 1.165) is 10.9 Å². The fraction of sp³-hybridized carbons (Fsp3) is 0.200. The van der Waals surface area contributed by atoms with Crippen LogP contribution in [-0.2, 0) is 27.8 Å². The molecule has 8 nitrogen and oxygen atoms in total. The maximum atomic E-state index is 12.0. The van der Waals surface area contributed by atoms with Gasteiger partial charge in [-0.15, -0.1) is 0 Å². The summed E-state index contributed by atoms with van der Waals surface area (Å²) in [6.07, 6.45) is 0.697. The van der Waals surface area contributed by atoms with Crippen LogP contribution in [0.15, 0.2) is 62.6 Å². The number of nitrogens with two attached hydrogens (primary N) is 1. The van der Waals surface area contributed by atoms with E-state index in [1.54, 1.807) is 30.3 Å². The van der Waals surface area contributed by atoms with Gasteiger partial charge in [0, 0.05) is 24.1 Å². The number of fused-ring (bicyclic) bond motifs is 1. The molecule has 3 aromatic rings. The number of hydrogen-bond donors (Lipinski definition) is 2. The van der Waals surface area contributed by atoms with Crippen molar-refractivity contribution in [3.63, 3.8) is 0 Å². The Morgan fingerprint density at radius 2 is 1.86 bits per heavy atom. The van der Waals surface area contributed by atoms with Crippen molar-refractivity contribution in [2.45, 2.75) is 24.8 Å². The number of nitrogens with one attached hydrogen (secondary N) is 1. The lowest BCUT2D eigenvalue weighted by Crippen LogP contribution is -2.28. The molecule has 0 radical (unpaired) electrons. The van der Waals surface area contributed by atoms with Crippen LogP contribution in [0.3, 0.4) is 0 Å². The lowest BCUT2D eigenvalue weighted by atomic mass is 10.1. The Hall–Kier alpha value is -3.17. The zero-order chi connectivity index (χ0) is 21.0. The third-order valence-corrected chi connectivity index (χ3v) is 5.22. The maximum absolute atomic E-state index is 12.0. The molecule has 2 aromatic carbocycles. The second-order valence-corrected chi connectivity index (χ2v) is 7.92. The van der Waals surface area contributed by atoms with Gasteiger partial charge >= 0.3 is 5.63 Å². The van der Waals surface area contributed by atoms with Crippen molar-refractivity contribution in [2.24, 2.45) is 5.14 Å². The van der Waals surface area contributed by atoms with Gasteiger partial charge in [0.25, 0.3) is 5.91 Å². The third kappa shape index (κ3) is 5.21. The van der Waals surface area contributed by atoms with Crippen LogP contribution in [0, 0.1) is 0 Å². The summed E-state index contributed by atoms with van der Waals surface area (Å²) in [6.45, 7) is 1.93. The molecule has 0 saturated heterocycles. The van der Waals surface area contributed by atoms with E-state index in [0.29, 0.717) is 23.3 Å². The van der Waals surface area contributed by atoms with Crippen LogP contribution < -0.4 is 20.8 Å². The Kier molecular flexibility index (Phi) is 6.00. The summed E-state index contributed by atoms with van der Waals surface area (Å²) < 4.78 is 33.1. The van der Waals surface area contributed by atoms with Crippen molar-refractivity contribution in [3.05, 3.63) is 70.1 Å². The summed E-state index contributed by atoms with van der Waals surface area (Å²) in [4.78, 5) is 23.6. The van der Waals surface area contributed by atoms with E-state index in [-0.39, 0.29) is 24.0 Å². The molecule has 9 heteroatoms. The van der Waals surface area contributed by atoms with Gasteiger partial charge in [0.1, 0.15) is 11.3 Å². The summed E-state index contributed by atoms with van der Waals surface area (Å²) in [5.74, 6) is 0.0472. The van der Waals surface area contributed by atoms with Gasteiger partial charge < -0.3 is 14.5 Å². The SMILES string of the molecule is CCc1cc(=O)oc2cc(OCC(=O)NCc3ccc(S(N)(=O)=O)cc3)ccc12. The Morgan fingerprint density at radius 1 is 1.14 bits per heavy atom. The topological polar surface area (TPSA) is 129 Å². The van der Waals surface area contributed by atoms with Crippen molar-refractivity contribution in [1.82, 2.24) is 5.32 Å². The van der Waals surface area contributed by atoms with Crippen molar-refractivity contribution < 1.29 is 22.4 Å². The number of ether oxygens (including phenoxy) is 1. The zero-order valence-electron chi connectivity index (χ0n) is 15.7. The molecule has 0 saturated carbocycles. The highest BCUT2D eigenvalue weighted by atomic mass is 32.2. The number of benzene rings is 2. The molecule has 0 aliphatic heterocycles. The number of carbonyl (C=O) groups excluding carboxylic acids is 1. The molecule has 0 aliphatic carbocycles. The normalized spacial score (nSPS) is 11.4. The van der Waals surface area contributed by atoms with Gasteiger partial charge in [-0.05, 0) is 41.8 Å². The number of rotatable bonds is 7. The molecule has 29 heavy (non-hydrogen) atoms. The summed E-state index contributed by atoms with van der Waals surface area (Å²) in [7, 11) is -3.75. The first kappa shape index (κ1) is 20.6. The molecular formula is C20H20N2O6S. The van der Waals surface area contributed by atoms with Crippen molar-refractivity contribution in [3.8, 4) is 5.75 Å². The molecule has 0 spiro atoms. The highest BCUT2D eigenvalue weighted by molar-refractivity contribution is 7.89. The third-order valence-electron chi connectivity index (χ3n) is 4.29. The van der Waals surface area contributed by atoms with Gasteiger partial charge in [-0.25, -0.2) is 18.4 Å². The van der Waals surface area contributed by atoms with Crippen LogP contribution in [0.5, 0.6) is 5.75 Å². The van der Waals surface area contributed by atoms with E-state index in [4.69, 9.17) is 14.3 Å². The minimum absolute atomic E-state index is 0.00472. The van der Waals surface area contributed by atoms with Gasteiger partial charge in [0.15, 0.2) is 6.61 Å². The number of sulfonamides is 1. The van der Waals surface area contributed by atoms with Crippen LogP contribution in [-0.4, -0.2) is 20.9 Å². The molecule has 0 aliphatic rings. The first-order valence-electron chi connectivity index (χ1n) is 8.84. The fourth-order valence-corrected chi connectivity index (χ4v) is 3.31. The molecular weight excluding hydrogens is 396 g/mol. The maximum Gasteiger partial charge on any atom is 0.336 e. The Bertz CT molecular complexity index is 1200. The number of amides is 1. The molecule has 1 amide bonds. The van der Waals surface area contributed by atoms with Gasteiger partial charge in [0.05, 0.1) is 4.90 Å². The zero-order valence-corrected chi connectivity index (χ0v) is 16.5. The van der Waals surface area contributed by atoms with Crippen LogP contribution in [0.2, 0.25) is 0 Å². The standard InChI is InChI=1S/C20H20N2O6S/c1-2-14-9-20(24)28-18-10-15(5-8-17(14)18)27-12-19(23)22-11-13-3-6-16(7-4-13)29(21,25)26/h3-10H,2,11-12H2,1H3,(H,22,23)(H2,21,25,26). The fourth-order valence-electron chi connectivity index (χ4n) is 2.79. The van der Waals surface area contributed by atoms with Crippen molar-refractivity contribution >= 4 is 26.9 Å². The monoisotopic (exact) mass is 416 g/mol. The second-order valence-electron chi connectivity index (χ2n) is 6.36. The quantitative estimate of drug-likeness (QED) is 0.564. The summed E-state index contributed by atoms with van der Waals surface area (Å²) in [6, 6.07) is 12.4. The molecule has 0 unspecified atom stereocenters. The molecule has 0 bridgehead atoms. The van der Waals surface area contributed by atoms with Crippen LogP contribution in [0.4, 0.5) is 0 Å². The number of aryl methyl sites for hydroxylation is 1. The Labute approximate surface area is 167 Å².